The van der Waals surface area contributed by atoms with Gasteiger partial charge in [-0.15, -0.1) is 0 Å². The van der Waals surface area contributed by atoms with Gasteiger partial charge < -0.3 is 25.0 Å². The fourth-order valence-electron chi connectivity index (χ4n) is 3.46. The average molecular weight is 362 g/mol. The van der Waals surface area contributed by atoms with Crippen LogP contribution in [0, 0.1) is 5.82 Å². The SMILES string of the molecule is COC1CN(c2nc3c(cc2F)c(=O)c(C(=O)O)cn3C2CC2)CC1N. The average Bonchev–Trinajstić information content (AvgIpc) is 3.37. The van der Waals surface area contributed by atoms with E-state index in [4.69, 9.17) is 10.5 Å². The maximum Gasteiger partial charge on any atom is 0.341 e. The molecule has 3 heterocycles. The molecule has 2 aliphatic rings. The number of hydrogen-bond donors (Lipinski definition) is 2. The van der Waals surface area contributed by atoms with Gasteiger partial charge in [0.25, 0.3) is 0 Å². The molecule has 2 unspecified atom stereocenters. The number of carboxylic acid groups (broad SMARTS) is 1. The van der Waals surface area contributed by atoms with E-state index < -0.39 is 17.2 Å². The Bertz CT molecular complexity index is 956. The Morgan fingerprint density at radius 2 is 2.15 bits per heavy atom. The lowest BCUT2D eigenvalue weighted by Crippen LogP contribution is -2.34. The molecule has 26 heavy (non-hydrogen) atoms. The van der Waals surface area contributed by atoms with Gasteiger partial charge in [0.05, 0.1) is 17.5 Å². The van der Waals surface area contributed by atoms with Gasteiger partial charge in [-0.2, -0.15) is 0 Å². The van der Waals surface area contributed by atoms with Gasteiger partial charge in [0.2, 0.25) is 5.43 Å². The zero-order valence-corrected chi connectivity index (χ0v) is 14.2. The smallest absolute Gasteiger partial charge is 0.341 e. The molecular weight excluding hydrogens is 343 g/mol. The van der Waals surface area contributed by atoms with Crippen molar-refractivity contribution in [3.63, 3.8) is 0 Å². The minimum absolute atomic E-state index is 0.0233. The van der Waals surface area contributed by atoms with Crippen LogP contribution in [0.4, 0.5) is 10.2 Å². The quantitative estimate of drug-likeness (QED) is 0.825. The van der Waals surface area contributed by atoms with Gasteiger partial charge >= 0.3 is 5.97 Å². The van der Waals surface area contributed by atoms with E-state index in [1.165, 1.54) is 6.20 Å². The molecule has 0 radical (unpaired) electrons. The van der Waals surface area contributed by atoms with E-state index in [1.807, 2.05) is 0 Å². The molecule has 9 heteroatoms. The number of methoxy groups -OCH3 is 1. The first kappa shape index (κ1) is 16.9. The normalized spacial score (nSPS) is 23.0. The van der Waals surface area contributed by atoms with Gasteiger partial charge in [-0.05, 0) is 18.9 Å². The van der Waals surface area contributed by atoms with E-state index in [-0.39, 0.29) is 35.0 Å². The Hall–Kier alpha value is -2.52. The van der Waals surface area contributed by atoms with Crippen molar-refractivity contribution in [1.29, 1.82) is 0 Å². The summed E-state index contributed by atoms with van der Waals surface area (Å²) in [5, 5.41) is 9.25. The molecule has 1 aliphatic heterocycles. The van der Waals surface area contributed by atoms with Crippen molar-refractivity contribution < 1.29 is 19.0 Å². The summed E-state index contributed by atoms with van der Waals surface area (Å²) in [5.41, 5.74) is 5.21. The monoisotopic (exact) mass is 362 g/mol. The Morgan fingerprint density at radius 3 is 2.73 bits per heavy atom. The van der Waals surface area contributed by atoms with E-state index in [9.17, 15) is 19.1 Å². The predicted molar refractivity (Wildman–Crippen MR) is 92.2 cm³/mol. The van der Waals surface area contributed by atoms with Crippen LogP contribution in [-0.4, -0.2) is 53.0 Å². The van der Waals surface area contributed by atoms with Crippen molar-refractivity contribution in [2.24, 2.45) is 5.73 Å². The molecule has 1 aliphatic carbocycles. The number of aromatic nitrogens is 2. The van der Waals surface area contributed by atoms with Crippen LogP contribution < -0.4 is 16.1 Å². The molecule has 0 amide bonds. The van der Waals surface area contributed by atoms with Gasteiger partial charge in [0.1, 0.15) is 11.2 Å². The number of carboxylic acids is 1. The molecule has 1 saturated carbocycles. The van der Waals surface area contributed by atoms with Crippen molar-refractivity contribution in [2.75, 3.05) is 25.1 Å². The molecule has 2 fully saturated rings. The Labute approximate surface area is 148 Å². The highest BCUT2D eigenvalue weighted by molar-refractivity contribution is 5.92. The first-order chi connectivity index (χ1) is 12.4. The second-order valence-corrected chi connectivity index (χ2v) is 6.82. The van der Waals surface area contributed by atoms with E-state index in [1.54, 1.807) is 16.6 Å². The first-order valence-electron chi connectivity index (χ1n) is 8.42. The summed E-state index contributed by atoms with van der Waals surface area (Å²) < 4.78 is 21.7. The fourth-order valence-corrected chi connectivity index (χ4v) is 3.46. The van der Waals surface area contributed by atoms with Crippen LogP contribution in [0.25, 0.3) is 11.0 Å². The molecule has 0 bridgehead atoms. The van der Waals surface area contributed by atoms with Crippen LogP contribution >= 0.6 is 0 Å². The van der Waals surface area contributed by atoms with Crippen molar-refractivity contribution >= 4 is 22.8 Å². The van der Waals surface area contributed by atoms with Crippen LogP contribution in [0.5, 0.6) is 0 Å². The van der Waals surface area contributed by atoms with Gasteiger partial charge in [-0.1, -0.05) is 0 Å². The van der Waals surface area contributed by atoms with Crippen molar-refractivity contribution in [1.82, 2.24) is 9.55 Å². The first-order valence-corrected chi connectivity index (χ1v) is 8.42. The van der Waals surface area contributed by atoms with Gasteiger partial charge in [0.15, 0.2) is 11.6 Å². The zero-order chi connectivity index (χ0) is 18.6. The third kappa shape index (κ3) is 2.63. The van der Waals surface area contributed by atoms with E-state index in [2.05, 4.69) is 4.98 Å². The molecular formula is C17H19FN4O4. The zero-order valence-electron chi connectivity index (χ0n) is 14.2. The molecule has 2 atom stereocenters. The maximum atomic E-state index is 14.7. The van der Waals surface area contributed by atoms with E-state index >= 15 is 0 Å². The fraction of sp³-hybridized carbons (Fsp3) is 0.471. The second-order valence-electron chi connectivity index (χ2n) is 6.82. The van der Waals surface area contributed by atoms with Crippen molar-refractivity contribution in [2.45, 2.75) is 31.0 Å². The van der Waals surface area contributed by atoms with Crippen LogP contribution in [0.2, 0.25) is 0 Å². The third-order valence-corrected chi connectivity index (χ3v) is 5.02. The number of carbonyl (C=O) groups is 1. The van der Waals surface area contributed by atoms with E-state index in [0.717, 1.165) is 18.9 Å². The van der Waals surface area contributed by atoms with Crippen LogP contribution in [0.15, 0.2) is 17.1 Å². The summed E-state index contributed by atoms with van der Waals surface area (Å²) in [7, 11) is 1.55. The minimum atomic E-state index is -1.33. The van der Waals surface area contributed by atoms with Gasteiger partial charge in [-0.25, -0.2) is 14.2 Å². The summed E-state index contributed by atoms with van der Waals surface area (Å²) >= 11 is 0. The van der Waals surface area contributed by atoms with Crippen molar-refractivity contribution in [3.05, 3.63) is 33.9 Å². The van der Waals surface area contributed by atoms with Gasteiger partial charge in [0, 0.05) is 32.4 Å². The molecule has 0 aromatic carbocycles. The molecule has 0 spiro atoms. The second kappa shape index (κ2) is 6.03. The minimum Gasteiger partial charge on any atom is -0.477 e. The molecule has 138 valence electrons. The highest BCUT2D eigenvalue weighted by atomic mass is 19.1. The summed E-state index contributed by atoms with van der Waals surface area (Å²) in [5.74, 6) is -1.91. The lowest BCUT2D eigenvalue weighted by Gasteiger charge is -2.19. The highest BCUT2D eigenvalue weighted by Gasteiger charge is 2.34. The van der Waals surface area contributed by atoms with Gasteiger partial charge in [-0.3, -0.25) is 4.79 Å². The van der Waals surface area contributed by atoms with E-state index in [0.29, 0.717) is 18.7 Å². The number of pyridine rings is 2. The number of hydrogen-bond acceptors (Lipinski definition) is 6. The lowest BCUT2D eigenvalue weighted by molar-refractivity contribution is 0.0695. The number of nitrogens with two attached hydrogens (primary N) is 1. The number of aromatic carboxylic acids is 1. The Balaban J connectivity index is 1.89. The summed E-state index contributed by atoms with van der Waals surface area (Å²) in [6.45, 7) is 0.781. The number of anilines is 1. The molecule has 3 N–H and O–H groups in total. The summed E-state index contributed by atoms with van der Waals surface area (Å²) in [6.07, 6.45) is 2.82. The number of nitrogens with zero attached hydrogens (tertiary/aromatic N) is 3. The predicted octanol–water partition coefficient (Wildman–Crippen LogP) is 0.731. The molecule has 1 saturated heterocycles. The summed E-state index contributed by atoms with van der Waals surface area (Å²) in [4.78, 5) is 29.9. The number of rotatable bonds is 4. The standard InChI is InChI=1S/C17H19FN4O4/c1-26-13-7-21(6-12(13)19)16-11(18)4-9-14(23)10(17(24)25)5-22(8-2-3-8)15(9)20-16/h4-5,8,12-13H,2-3,6-7,19H2,1H3,(H,24,25). The molecule has 8 nitrogen and oxygen atoms in total. The summed E-state index contributed by atoms with van der Waals surface area (Å²) in [6, 6.07) is 0.892. The Morgan fingerprint density at radius 1 is 1.42 bits per heavy atom. The van der Waals surface area contributed by atoms with Crippen LogP contribution in [-0.2, 0) is 4.74 Å². The largest absolute Gasteiger partial charge is 0.477 e. The highest BCUT2D eigenvalue weighted by Crippen LogP contribution is 2.37. The van der Waals surface area contributed by atoms with Crippen LogP contribution in [0.1, 0.15) is 29.2 Å². The topological polar surface area (TPSA) is 111 Å². The molecule has 4 rings (SSSR count). The molecule has 2 aromatic rings. The third-order valence-electron chi connectivity index (χ3n) is 5.02. The lowest BCUT2D eigenvalue weighted by atomic mass is 10.2. The number of ether oxygens (including phenoxy) is 1. The Kier molecular flexibility index (Phi) is 3.92. The number of fused-ring (bicyclic) bond motifs is 1. The number of halogens is 1. The van der Waals surface area contributed by atoms with Crippen molar-refractivity contribution in [3.8, 4) is 0 Å². The molecule has 2 aromatic heterocycles. The maximum absolute atomic E-state index is 14.7. The van der Waals surface area contributed by atoms with Crippen LogP contribution in [0.3, 0.4) is 0 Å².